The second-order valence-electron chi connectivity index (χ2n) is 4.22. The van der Waals surface area contributed by atoms with Gasteiger partial charge in [0.25, 0.3) is 0 Å². The maximum Gasteiger partial charge on any atom is 0.222 e. The summed E-state index contributed by atoms with van der Waals surface area (Å²) in [5.74, 6) is 2.59. The summed E-state index contributed by atoms with van der Waals surface area (Å²) in [6, 6.07) is 5.45. The Labute approximate surface area is 123 Å². The van der Waals surface area contributed by atoms with Gasteiger partial charge in [-0.3, -0.25) is 0 Å². The number of hydrogen-bond acceptors (Lipinski definition) is 4. The first-order chi connectivity index (χ1) is 9.62. The van der Waals surface area contributed by atoms with Crippen molar-refractivity contribution in [2.75, 3.05) is 14.2 Å². The molecule has 0 unspecified atom stereocenters. The van der Waals surface area contributed by atoms with E-state index in [4.69, 9.17) is 25.8 Å². The van der Waals surface area contributed by atoms with Crippen molar-refractivity contribution in [3.63, 3.8) is 0 Å². The van der Waals surface area contributed by atoms with Gasteiger partial charge in [-0.15, -0.1) is 11.6 Å². The molecule has 6 heteroatoms. The number of hydrogen-bond donors (Lipinski definition) is 0. The van der Waals surface area contributed by atoms with Gasteiger partial charge in [0.2, 0.25) is 11.6 Å². The summed E-state index contributed by atoms with van der Waals surface area (Å²) < 4.78 is 18.2. The summed E-state index contributed by atoms with van der Waals surface area (Å²) in [5, 5.41) is 4.31. The zero-order chi connectivity index (χ0) is 14.7. The maximum absolute atomic E-state index is 5.97. The predicted octanol–water partition coefficient (Wildman–Crippen LogP) is 3.28. The minimum Gasteiger partial charge on any atom is -0.493 e. The molecule has 20 heavy (non-hydrogen) atoms. The van der Waals surface area contributed by atoms with Crippen LogP contribution in [0, 0.1) is 6.92 Å². The topological polar surface area (TPSA) is 45.5 Å². The number of aryl methyl sites for hydroxylation is 2. The Kier molecular flexibility index (Phi) is 4.39. The first-order valence-corrected chi connectivity index (χ1v) is 6.63. The van der Waals surface area contributed by atoms with E-state index in [0.29, 0.717) is 29.0 Å². The Hall–Kier alpha value is -1.88. The standard InChI is InChI=1S/C14H17ClN2O3/c1-9-10(8-15)14(17(2)16-9)20-13-11(18-3)6-5-7-12(13)19-4/h5-7H,8H2,1-4H3. The van der Waals surface area contributed by atoms with Crippen LogP contribution in [0.15, 0.2) is 18.2 Å². The minimum atomic E-state index is 0.326. The Morgan fingerprint density at radius 2 is 1.80 bits per heavy atom. The minimum absolute atomic E-state index is 0.326. The highest BCUT2D eigenvalue weighted by molar-refractivity contribution is 6.17. The van der Waals surface area contributed by atoms with Gasteiger partial charge >= 0.3 is 0 Å². The number of para-hydroxylation sites is 1. The Morgan fingerprint density at radius 3 is 2.30 bits per heavy atom. The van der Waals surface area contributed by atoms with E-state index in [9.17, 15) is 0 Å². The number of nitrogens with zero attached hydrogens (tertiary/aromatic N) is 2. The molecule has 0 bridgehead atoms. The molecule has 0 aliphatic rings. The summed E-state index contributed by atoms with van der Waals surface area (Å²) in [6.07, 6.45) is 0. The molecule has 0 radical (unpaired) electrons. The molecule has 0 fully saturated rings. The normalized spacial score (nSPS) is 10.4. The van der Waals surface area contributed by atoms with E-state index in [0.717, 1.165) is 11.3 Å². The molecule has 0 N–H and O–H groups in total. The summed E-state index contributed by atoms with van der Waals surface area (Å²) in [6.45, 7) is 1.89. The van der Waals surface area contributed by atoms with Crippen molar-refractivity contribution in [1.82, 2.24) is 9.78 Å². The van der Waals surface area contributed by atoms with E-state index >= 15 is 0 Å². The van der Waals surface area contributed by atoms with E-state index in [-0.39, 0.29) is 0 Å². The lowest BCUT2D eigenvalue weighted by Crippen LogP contribution is -2.00. The number of halogens is 1. The lowest BCUT2D eigenvalue weighted by atomic mass is 10.2. The third-order valence-electron chi connectivity index (χ3n) is 3.00. The number of alkyl halides is 1. The van der Waals surface area contributed by atoms with Crippen molar-refractivity contribution in [2.24, 2.45) is 7.05 Å². The van der Waals surface area contributed by atoms with E-state index in [1.54, 1.807) is 38.1 Å². The average molecular weight is 297 g/mol. The van der Waals surface area contributed by atoms with E-state index in [1.165, 1.54) is 0 Å². The van der Waals surface area contributed by atoms with Crippen LogP contribution >= 0.6 is 11.6 Å². The summed E-state index contributed by atoms with van der Waals surface area (Å²) in [5.41, 5.74) is 1.69. The average Bonchev–Trinajstić information content (AvgIpc) is 2.72. The zero-order valence-electron chi connectivity index (χ0n) is 11.9. The number of ether oxygens (including phenoxy) is 3. The first-order valence-electron chi connectivity index (χ1n) is 6.09. The number of rotatable bonds is 5. The maximum atomic E-state index is 5.97. The smallest absolute Gasteiger partial charge is 0.222 e. The molecular formula is C14H17ClN2O3. The van der Waals surface area contributed by atoms with Crippen LogP contribution in [-0.2, 0) is 12.9 Å². The SMILES string of the molecule is COc1cccc(OC)c1Oc1c(CCl)c(C)nn1C. The van der Waals surface area contributed by atoms with Crippen LogP contribution in [0.2, 0.25) is 0 Å². The molecule has 2 aromatic rings. The van der Waals surface area contributed by atoms with Gasteiger partial charge in [-0.1, -0.05) is 6.07 Å². The van der Waals surface area contributed by atoms with Crippen molar-refractivity contribution in [3.8, 4) is 23.1 Å². The van der Waals surface area contributed by atoms with Crippen molar-refractivity contribution in [2.45, 2.75) is 12.8 Å². The molecule has 0 spiro atoms. The van der Waals surface area contributed by atoms with Gasteiger partial charge in [0.05, 0.1) is 31.4 Å². The second-order valence-corrected chi connectivity index (χ2v) is 4.49. The van der Waals surface area contributed by atoms with Gasteiger partial charge < -0.3 is 14.2 Å². The van der Waals surface area contributed by atoms with Crippen molar-refractivity contribution < 1.29 is 14.2 Å². The number of methoxy groups -OCH3 is 2. The summed E-state index contributed by atoms with van der Waals surface area (Å²) in [7, 11) is 4.97. The van der Waals surface area contributed by atoms with Gasteiger partial charge in [0.15, 0.2) is 11.5 Å². The lowest BCUT2D eigenvalue weighted by molar-refractivity contribution is 0.334. The molecule has 108 valence electrons. The largest absolute Gasteiger partial charge is 0.493 e. The van der Waals surface area contributed by atoms with Gasteiger partial charge in [-0.25, -0.2) is 4.68 Å². The molecular weight excluding hydrogens is 280 g/mol. The third-order valence-corrected chi connectivity index (χ3v) is 3.27. The molecule has 1 aromatic heterocycles. The van der Waals surface area contributed by atoms with Crippen LogP contribution in [-0.4, -0.2) is 24.0 Å². The molecule has 0 aliphatic heterocycles. The fourth-order valence-electron chi connectivity index (χ4n) is 1.98. The van der Waals surface area contributed by atoms with Gasteiger partial charge in [-0.2, -0.15) is 5.10 Å². The highest BCUT2D eigenvalue weighted by Crippen LogP contribution is 2.41. The van der Waals surface area contributed by atoms with Crippen LogP contribution in [0.3, 0.4) is 0 Å². The number of aromatic nitrogens is 2. The van der Waals surface area contributed by atoms with Crippen LogP contribution in [0.25, 0.3) is 0 Å². The molecule has 0 saturated carbocycles. The van der Waals surface area contributed by atoms with Crippen molar-refractivity contribution >= 4 is 11.6 Å². The van der Waals surface area contributed by atoms with Crippen LogP contribution in [0.5, 0.6) is 23.1 Å². The van der Waals surface area contributed by atoms with E-state index in [1.807, 2.05) is 13.0 Å². The zero-order valence-corrected chi connectivity index (χ0v) is 12.7. The van der Waals surface area contributed by atoms with Crippen molar-refractivity contribution in [3.05, 3.63) is 29.5 Å². The molecule has 0 saturated heterocycles. The second kappa shape index (κ2) is 6.05. The first kappa shape index (κ1) is 14.5. The molecule has 1 heterocycles. The molecule has 1 aromatic carbocycles. The third kappa shape index (κ3) is 2.54. The van der Waals surface area contributed by atoms with Crippen LogP contribution in [0.4, 0.5) is 0 Å². The summed E-state index contributed by atoms with van der Waals surface area (Å²) in [4.78, 5) is 0. The Morgan fingerprint density at radius 1 is 1.20 bits per heavy atom. The monoisotopic (exact) mass is 296 g/mol. The van der Waals surface area contributed by atoms with Crippen molar-refractivity contribution in [1.29, 1.82) is 0 Å². The van der Waals surface area contributed by atoms with Gasteiger partial charge in [0, 0.05) is 7.05 Å². The lowest BCUT2D eigenvalue weighted by Gasteiger charge is -2.14. The molecule has 5 nitrogen and oxygen atoms in total. The Bertz CT molecular complexity index is 588. The Balaban J connectivity index is 2.49. The fourth-order valence-corrected chi connectivity index (χ4v) is 2.28. The predicted molar refractivity (Wildman–Crippen MR) is 77.1 cm³/mol. The van der Waals surface area contributed by atoms with E-state index < -0.39 is 0 Å². The molecule has 2 rings (SSSR count). The molecule has 0 aliphatic carbocycles. The quantitative estimate of drug-likeness (QED) is 0.794. The molecule has 0 amide bonds. The molecule has 0 atom stereocenters. The fraction of sp³-hybridized carbons (Fsp3) is 0.357. The highest BCUT2D eigenvalue weighted by atomic mass is 35.5. The summed E-state index contributed by atoms with van der Waals surface area (Å²) >= 11 is 5.97. The van der Waals surface area contributed by atoms with E-state index in [2.05, 4.69) is 5.10 Å². The van der Waals surface area contributed by atoms with Gasteiger partial charge in [0.1, 0.15) is 0 Å². The van der Waals surface area contributed by atoms with Gasteiger partial charge in [-0.05, 0) is 19.1 Å². The number of benzene rings is 1. The van der Waals surface area contributed by atoms with Crippen LogP contribution < -0.4 is 14.2 Å². The van der Waals surface area contributed by atoms with Crippen LogP contribution in [0.1, 0.15) is 11.3 Å². The highest BCUT2D eigenvalue weighted by Gasteiger charge is 2.19.